The maximum Gasteiger partial charge on any atom is 0.415 e. The minimum Gasteiger partial charge on any atom is -0.465 e. The predicted molar refractivity (Wildman–Crippen MR) is 90.4 cm³/mol. The zero-order valence-corrected chi connectivity index (χ0v) is 14.5. The highest BCUT2D eigenvalue weighted by atomic mass is 19.1. The zero-order chi connectivity index (χ0) is 18.1. The molecule has 1 aliphatic rings. The summed E-state index contributed by atoms with van der Waals surface area (Å²) in [5.41, 5.74) is 4.98. The molecule has 0 bridgehead atoms. The molecule has 24 heavy (non-hydrogen) atoms. The van der Waals surface area contributed by atoms with Crippen LogP contribution in [0, 0.1) is 5.82 Å². The van der Waals surface area contributed by atoms with Crippen molar-refractivity contribution in [2.45, 2.75) is 51.6 Å². The first-order valence-corrected chi connectivity index (χ1v) is 7.92. The molecule has 6 nitrogen and oxygen atoms in total. The van der Waals surface area contributed by atoms with Gasteiger partial charge in [-0.15, -0.1) is 0 Å². The van der Waals surface area contributed by atoms with Crippen LogP contribution in [0.5, 0.6) is 0 Å². The van der Waals surface area contributed by atoms with Gasteiger partial charge >= 0.3 is 6.09 Å². The fourth-order valence-corrected chi connectivity index (χ4v) is 2.89. The quantitative estimate of drug-likeness (QED) is 0.808. The average Bonchev–Trinajstić information content (AvgIpc) is 2.48. The molecule has 7 heteroatoms. The molecule has 0 spiro atoms. The highest BCUT2D eigenvalue weighted by molar-refractivity contribution is 5.91. The van der Waals surface area contributed by atoms with E-state index in [1.54, 1.807) is 26.8 Å². The summed E-state index contributed by atoms with van der Waals surface area (Å²) in [5, 5.41) is 9.54. The van der Waals surface area contributed by atoms with Crippen LogP contribution in [0.3, 0.4) is 0 Å². The van der Waals surface area contributed by atoms with Crippen LogP contribution in [0.1, 0.15) is 46.1 Å². The standard InChI is InChI=1S/C17H24FN3O3/c1-5-17(12-10-11(19)6-7-13(12)18)8-9-24-14(20-17)21(15(22)23)16(2,3)4/h6-7,10H,5,8-9,19H2,1-4H3,(H,22,23)/t17-/m0/s1. The van der Waals surface area contributed by atoms with E-state index in [1.165, 1.54) is 12.1 Å². The number of amidine groups is 1. The minimum atomic E-state index is -1.17. The summed E-state index contributed by atoms with van der Waals surface area (Å²) in [5.74, 6) is -0.409. The molecule has 0 unspecified atom stereocenters. The molecule has 1 atom stereocenters. The summed E-state index contributed by atoms with van der Waals surface area (Å²) in [4.78, 5) is 17.3. The van der Waals surface area contributed by atoms with Crippen LogP contribution in [-0.4, -0.2) is 34.3 Å². The van der Waals surface area contributed by atoms with Crippen molar-refractivity contribution in [3.63, 3.8) is 0 Å². The number of halogens is 1. The van der Waals surface area contributed by atoms with E-state index < -0.39 is 23.0 Å². The van der Waals surface area contributed by atoms with Gasteiger partial charge in [-0.05, 0) is 45.4 Å². The summed E-state index contributed by atoms with van der Waals surface area (Å²) >= 11 is 0. The van der Waals surface area contributed by atoms with Crippen LogP contribution in [0.15, 0.2) is 23.2 Å². The third kappa shape index (κ3) is 3.29. The number of hydrogen-bond donors (Lipinski definition) is 2. The highest BCUT2D eigenvalue weighted by Gasteiger charge is 2.41. The Morgan fingerprint density at radius 2 is 2.17 bits per heavy atom. The number of benzene rings is 1. The second-order valence-corrected chi connectivity index (χ2v) is 6.91. The van der Waals surface area contributed by atoms with Gasteiger partial charge in [-0.2, -0.15) is 0 Å². The Bertz CT molecular complexity index is 670. The first-order chi connectivity index (χ1) is 11.1. The van der Waals surface area contributed by atoms with E-state index in [0.717, 1.165) is 4.90 Å². The van der Waals surface area contributed by atoms with Gasteiger partial charge in [0, 0.05) is 23.2 Å². The van der Waals surface area contributed by atoms with E-state index >= 15 is 0 Å². The van der Waals surface area contributed by atoms with Gasteiger partial charge in [-0.3, -0.25) is 0 Å². The number of anilines is 1. The van der Waals surface area contributed by atoms with Gasteiger partial charge in [0.05, 0.1) is 12.1 Å². The Hall–Kier alpha value is -2.31. The first-order valence-electron chi connectivity index (χ1n) is 7.92. The van der Waals surface area contributed by atoms with Crippen molar-refractivity contribution in [3.8, 4) is 0 Å². The summed E-state index contributed by atoms with van der Waals surface area (Å²) in [7, 11) is 0. The van der Waals surface area contributed by atoms with Crippen LogP contribution < -0.4 is 5.73 Å². The average molecular weight is 337 g/mol. The predicted octanol–water partition coefficient (Wildman–Crippen LogP) is 3.57. The Kier molecular flexibility index (Phi) is 4.73. The van der Waals surface area contributed by atoms with Crippen LogP contribution in [-0.2, 0) is 10.3 Å². The maximum atomic E-state index is 14.4. The number of carbonyl (C=O) groups is 1. The molecule has 1 aliphatic heterocycles. The van der Waals surface area contributed by atoms with Gasteiger partial charge < -0.3 is 15.6 Å². The lowest BCUT2D eigenvalue weighted by Crippen LogP contribution is -2.52. The third-order valence-corrected chi connectivity index (χ3v) is 4.19. The second kappa shape index (κ2) is 6.30. The summed E-state index contributed by atoms with van der Waals surface area (Å²) < 4.78 is 19.9. The van der Waals surface area contributed by atoms with Gasteiger partial charge in [0.25, 0.3) is 6.02 Å². The van der Waals surface area contributed by atoms with E-state index in [-0.39, 0.29) is 12.6 Å². The lowest BCUT2D eigenvalue weighted by molar-refractivity contribution is 0.102. The van der Waals surface area contributed by atoms with Crippen molar-refractivity contribution in [1.82, 2.24) is 4.90 Å². The summed E-state index contributed by atoms with van der Waals surface area (Å²) in [6, 6.07) is 4.36. The van der Waals surface area contributed by atoms with Crippen LogP contribution >= 0.6 is 0 Å². The molecule has 0 aromatic heterocycles. The molecule has 2 rings (SSSR count). The van der Waals surface area contributed by atoms with Crippen molar-refractivity contribution in [2.24, 2.45) is 4.99 Å². The Labute approximate surface area is 141 Å². The molecule has 0 saturated heterocycles. The summed E-state index contributed by atoms with van der Waals surface area (Å²) in [6.45, 7) is 7.38. The third-order valence-electron chi connectivity index (χ3n) is 4.19. The fourth-order valence-electron chi connectivity index (χ4n) is 2.89. The van der Waals surface area contributed by atoms with Crippen molar-refractivity contribution >= 4 is 17.8 Å². The lowest BCUT2D eigenvalue weighted by atomic mass is 9.84. The SMILES string of the molecule is CC[C@@]1(c2cc(N)ccc2F)CCOC(N(C(=O)O)C(C)(C)C)=N1. The Balaban J connectivity index is 2.59. The van der Waals surface area contributed by atoms with E-state index in [2.05, 4.69) is 4.99 Å². The second-order valence-electron chi connectivity index (χ2n) is 6.91. The van der Waals surface area contributed by atoms with Crippen LogP contribution in [0.2, 0.25) is 0 Å². The number of nitrogens with two attached hydrogens (primary N) is 1. The molecule has 1 aromatic carbocycles. The van der Waals surface area contributed by atoms with Gasteiger partial charge in [0.2, 0.25) is 0 Å². The fraction of sp³-hybridized carbons (Fsp3) is 0.529. The molecule has 1 amide bonds. The highest BCUT2D eigenvalue weighted by Crippen LogP contribution is 2.39. The molecule has 0 radical (unpaired) electrons. The molecule has 132 valence electrons. The van der Waals surface area contributed by atoms with Gasteiger partial charge in [0.1, 0.15) is 5.82 Å². The van der Waals surface area contributed by atoms with Crippen LogP contribution in [0.4, 0.5) is 14.9 Å². The largest absolute Gasteiger partial charge is 0.465 e. The van der Waals surface area contributed by atoms with Crippen molar-refractivity contribution in [3.05, 3.63) is 29.6 Å². The Morgan fingerprint density at radius 3 is 2.71 bits per heavy atom. The van der Waals surface area contributed by atoms with Crippen molar-refractivity contribution in [1.29, 1.82) is 0 Å². The molecule has 3 N–H and O–H groups in total. The van der Waals surface area contributed by atoms with E-state index in [1.807, 2.05) is 6.92 Å². The van der Waals surface area contributed by atoms with Gasteiger partial charge in [0.15, 0.2) is 0 Å². The maximum absolute atomic E-state index is 14.4. The number of rotatable bonds is 2. The molecule has 1 aromatic rings. The Morgan fingerprint density at radius 1 is 1.50 bits per heavy atom. The number of nitrogen functional groups attached to an aromatic ring is 1. The summed E-state index contributed by atoms with van der Waals surface area (Å²) in [6.07, 6.45) is -0.218. The number of carboxylic acid groups (broad SMARTS) is 1. The van der Waals surface area contributed by atoms with E-state index in [0.29, 0.717) is 24.1 Å². The zero-order valence-electron chi connectivity index (χ0n) is 14.5. The number of ether oxygens (including phenoxy) is 1. The van der Waals surface area contributed by atoms with E-state index in [4.69, 9.17) is 10.5 Å². The van der Waals surface area contributed by atoms with Gasteiger partial charge in [-0.25, -0.2) is 19.1 Å². The van der Waals surface area contributed by atoms with Crippen molar-refractivity contribution < 1.29 is 19.0 Å². The number of nitrogens with zero attached hydrogens (tertiary/aromatic N) is 2. The monoisotopic (exact) mass is 337 g/mol. The first kappa shape index (κ1) is 18.0. The van der Waals surface area contributed by atoms with Crippen molar-refractivity contribution in [2.75, 3.05) is 12.3 Å². The minimum absolute atomic E-state index is 0.00933. The molecule has 0 aliphatic carbocycles. The topological polar surface area (TPSA) is 88.2 Å². The molecule has 0 fully saturated rings. The van der Waals surface area contributed by atoms with Gasteiger partial charge in [-0.1, -0.05) is 6.92 Å². The number of aliphatic imine (C=N–C) groups is 1. The lowest BCUT2D eigenvalue weighted by Gasteiger charge is -2.39. The molecular weight excluding hydrogens is 313 g/mol. The van der Waals surface area contributed by atoms with E-state index in [9.17, 15) is 14.3 Å². The normalized spacial score (nSPS) is 21.0. The molecule has 1 heterocycles. The molecule has 0 saturated carbocycles. The molecular formula is C17H24FN3O3. The van der Waals surface area contributed by atoms with Crippen LogP contribution in [0.25, 0.3) is 0 Å². The number of amides is 1. The number of hydrogen-bond acceptors (Lipinski definition) is 4. The smallest absolute Gasteiger partial charge is 0.415 e.